The van der Waals surface area contributed by atoms with Crippen molar-refractivity contribution in [3.63, 3.8) is 0 Å². The molecule has 0 spiro atoms. The van der Waals surface area contributed by atoms with Crippen LogP contribution in [0.1, 0.15) is 33.1 Å². The number of methoxy groups -OCH3 is 1. The van der Waals surface area contributed by atoms with Crippen molar-refractivity contribution in [3.8, 4) is 5.88 Å². The Kier molecular flexibility index (Phi) is 3.41. The summed E-state index contributed by atoms with van der Waals surface area (Å²) in [6.45, 7) is 4.48. The molecule has 1 aliphatic heterocycles. The molecular formula is C13H21N3O. The number of anilines is 2. The van der Waals surface area contributed by atoms with Gasteiger partial charge in [0.15, 0.2) is 0 Å². The maximum atomic E-state index is 5.79. The van der Waals surface area contributed by atoms with Crippen molar-refractivity contribution in [2.75, 3.05) is 17.7 Å². The van der Waals surface area contributed by atoms with Crippen LogP contribution in [0.25, 0.3) is 0 Å². The van der Waals surface area contributed by atoms with Gasteiger partial charge in [0.2, 0.25) is 5.88 Å². The van der Waals surface area contributed by atoms with Gasteiger partial charge in [0, 0.05) is 12.1 Å². The van der Waals surface area contributed by atoms with Crippen molar-refractivity contribution in [1.29, 1.82) is 0 Å². The summed E-state index contributed by atoms with van der Waals surface area (Å²) in [6.07, 6.45) is 3.62. The number of rotatable bonds is 3. The third-order valence-corrected chi connectivity index (χ3v) is 3.59. The molecule has 1 saturated heterocycles. The second-order valence-corrected chi connectivity index (χ2v) is 4.66. The summed E-state index contributed by atoms with van der Waals surface area (Å²) in [5, 5.41) is 0. The van der Waals surface area contributed by atoms with Crippen LogP contribution in [-0.2, 0) is 0 Å². The Morgan fingerprint density at radius 2 is 2.24 bits per heavy atom. The number of aromatic nitrogens is 1. The smallest absolute Gasteiger partial charge is 0.238 e. The van der Waals surface area contributed by atoms with E-state index in [9.17, 15) is 0 Å². The second kappa shape index (κ2) is 4.82. The van der Waals surface area contributed by atoms with Crippen LogP contribution in [0.5, 0.6) is 5.88 Å². The number of pyridine rings is 1. The molecule has 2 rings (SSSR count). The maximum absolute atomic E-state index is 5.79. The molecule has 0 saturated carbocycles. The highest BCUT2D eigenvalue weighted by atomic mass is 16.5. The highest BCUT2D eigenvalue weighted by Gasteiger charge is 2.30. The highest BCUT2D eigenvalue weighted by molar-refractivity contribution is 5.55. The van der Waals surface area contributed by atoms with Gasteiger partial charge >= 0.3 is 0 Å². The number of ether oxygens (including phenoxy) is 1. The Balaban J connectivity index is 2.32. The average Bonchev–Trinajstić information content (AvgIpc) is 2.71. The normalized spacial score (nSPS) is 24.1. The fraction of sp³-hybridized carbons (Fsp3) is 0.615. The van der Waals surface area contributed by atoms with Crippen molar-refractivity contribution in [3.05, 3.63) is 12.1 Å². The zero-order valence-corrected chi connectivity index (χ0v) is 10.8. The molecule has 0 bridgehead atoms. The van der Waals surface area contributed by atoms with Crippen LogP contribution in [0.15, 0.2) is 12.1 Å². The van der Waals surface area contributed by atoms with E-state index in [1.807, 2.05) is 12.1 Å². The fourth-order valence-corrected chi connectivity index (χ4v) is 2.63. The molecular weight excluding hydrogens is 214 g/mol. The van der Waals surface area contributed by atoms with E-state index in [-0.39, 0.29) is 0 Å². The largest absolute Gasteiger partial charge is 0.479 e. The number of nitrogens with two attached hydrogens (primary N) is 1. The molecule has 1 aromatic rings. The van der Waals surface area contributed by atoms with Crippen LogP contribution >= 0.6 is 0 Å². The van der Waals surface area contributed by atoms with Gasteiger partial charge < -0.3 is 15.4 Å². The molecule has 2 heterocycles. The van der Waals surface area contributed by atoms with Gasteiger partial charge in [-0.2, -0.15) is 4.98 Å². The predicted molar refractivity (Wildman–Crippen MR) is 70.5 cm³/mol. The van der Waals surface area contributed by atoms with Crippen LogP contribution in [0.2, 0.25) is 0 Å². The lowest BCUT2D eigenvalue weighted by atomic mass is 10.1. The van der Waals surface area contributed by atoms with Gasteiger partial charge in [0.25, 0.3) is 0 Å². The summed E-state index contributed by atoms with van der Waals surface area (Å²) in [7, 11) is 1.60. The molecule has 2 unspecified atom stereocenters. The Labute approximate surface area is 103 Å². The third-order valence-electron chi connectivity index (χ3n) is 3.59. The first-order chi connectivity index (χ1) is 8.17. The van der Waals surface area contributed by atoms with E-state index in [0.717, 1.165) is 12.2 Å². The van der Waals surface area contributed by atoms with Crippen LogP contribution < -0.4 is 15.4 Å². The topological polar surface area (TPSA) is 51.4 Å². The van der Waals surface area contributed by atoms with Gasteiger partial charge in [-0.3, -0.25) is 0 Å². The fourth-order valence-electron chi connectivity index (χ4n) is 2.63. The molecule has 0 aliphatic carbocycles. The van der Waals surface area contributed by atoms with Crippen LogP contribution in [-0.4, -0.2) is 24.2 Å². The van der Waals surface area contributed by atoms with Crippen molar-refractivity contribution in [1.82, 2.24) is 4.98 Å². The minimum atomic E-state index is 0.524. The summed E-state index contributed by atoms with van der Waals surface area (Å²) < 4.78 is 5.19. The summed E-state index contributed by atoms with van der Waals surface area (Å²) in [5.74, 6) is 1.50. The lowest BCUT2D eigenvalue weighted by Crippen LogP contribution is -2.34. The van der Waals surface area contributed by atoms with E-state index >= 15 is 0 Å². The van der Waals surface area contributed by atoms with Crippen molar-refractivity contribution in [2.45, 2.75) is 45.2 Å². The first-order valence-electron chi connectivity index (χ1n) is 6.26. The standard InChI is InChI=1S/C13H21N3O/c1-4-10-6-5-9(2)16(10)12-8-7-11(14)13(15-12)17-3/h7-10H,4-6,14H2,1-3H3. The lowest BCUT2D eigenvalue weighted by molar-refractivity contribution is 0.399. The molecule has 0 amide bonds. The first-order valence-corrected chi connectivity index (χ1v) is 6.26. The van der Waals surface area contributed by atoms with E-state index < -0.39 is 0 Å². The van der Waals surface area contributed by atoms with E-state index in [0.29, 0.717) is 23.7 Å². The van der Waals surface area contributed by atoms with Gasteiger partial charge in [-0.05, 0) is 38.3 Å². The number of nitrogen functional groups attached to an aromatic ring is 1. The van der Waals surface area contributed by atoms with Gasteiger partial charge in [-0.15, -0.1) is 0 Å². The zero-order valence-electron chi connectivity index (χ0n) is 10.8. The number of hydrogen-bond donors (Lipinski definition) is 1. The molecule has 4 nitrogen and oxygen atoms in total. The number of hydrogen-bond acceptors (Lipinski definition) is 4. The molecule has 0 aromatic carbocycles. The molecule has 0 radical (unpaired) electrons. The van der Waals surface area contributed by atoms with Crippen molar-refractivity contribution >= 4 is 11.5 Å². The molecule has 1 aromatic heterocycles. The summed E-state index contributed by atoms with van der Waals surface area (Å²) in [4.78, 5) is 6.89. The lowest BCUT2D eigenvalue weighted by Gasteiger charge is -2.29. The molecule has 1 fully saturated rings. The molecule has 2 atom stereocenters. The Morgan fingerprint density at radius 3 is 2.88 bits per heavy atom. The van der Waals surface area contributed by atoms with E-state index in [2.05, 4.69) is 23.7 Å². The van der Waals surface area contributed by atoms with E-state index in [1.54, 1.807) is 7.11 Å². The first kappa shape index (κ1) is 12.0. The van der Waals surface area contributed by atoms with Gasteiger partial charge in [-0.25, -0.2) is 0 Å². The quantitative estimate of drug-likeness (QED) is 0.874. The maximum Gasteiger partial charge on any atom is 0.238 e. The monoisotopic (exact) mass is 235 g/mol. The van der Waals surface area contributed by atoms with Gasteiger partial charge in [0.1, 0.15) is 5.82 Å². The van der Waals surface area contributed by atoms with E-state index in [4.69, 9.17) is 10.5 Å². The van der Waals surface area contributed by atoms with Crippen molar-refractivity contribution in [2.24, 2.45) is 0 Å². The van der Waals surface area contributed by atoms with Gasteiger partial charge in [0.05, 0.1) is 12.8 Å². The molecule has 94 valence electrons. The summed E-state index contributed by atoms with van der Waals surface area (Å²) >= 11 is 0. The molecule has 2 N–H and O–H groups in total. The molecule has 17 heavy (non-hydrogen) atoms. The number of nitrogens with zero attached hydrogens (tertiary/aromatic N) is 2. The van der Waals surface area contributed by atoms with Crippen LogP contribution in [0.4, 0.5) is 11.5 Å². The Morgan fingerprint density at radius 1 is 1.47 bits per heavy atom. The minimum absolute atomic E-state index is 0.524. The SMILES string of the molecule is CCC1CCC(C)N1c1ccc(N)c(OC)n1. The molecule has 1 aliphatic rings. The Hall–Kier alpha value is -1.45. The predicted octanol–water partition coefficient (Wildman–Crippen LogP) is 2.44. The summed E-state index contributed by atoms with van der Waals surface area (Å²) in [5.41, 5.74) is 6.39. The van der Waals surface area contributed by atoms with Crippen LogP contribution in [0.3, 0.4) is 0 Å². The van der Waals surface area contributed by atoms with Crippen molar-refractivity contribution < 1.29 is 4.74 Å². The Bertz CT molecular complexity index is 394. The van der Waals surface area contributed by atoms with Crippen LogP contribution in [0, 0.1) is 0 Å². The van der Waals surface area contributed by atoms with Gasteiger partial charge in [-0.1, -0.05) is 6.92 Å². The highest BCUT2D eigenvalue weighted by Crippen LogP contribution is 2.32. The van der Waals surface area contributed by atoms with E-state index in [1.165, 1.54) is 12.8 Å². The third kappa shape index (κ3) is 2.16. The summed E-state index contributed by atoms with van der Waals surface area (Å²) in [6, 6.07) is 4.99. The zero-order chi connectivity index (χ0) is 12.4. The second-order valence-electron chi connectivity index (χ2n) is 4.66. The minimum Gasteiger partial charge on any atom is -0.479 e. The molecule has 4 heteroatoms. The average molecular weight is 235 g/mol.